The lowest BCUT2D eigenvalue weighted by atomic mass is 10.2. The molecule has 0 spiro atoms. The summed E-state index contributed by atoms with van der Waals surface area (Å²) in [6.45, 7) is 0. The number of methoxy groups -OCH3 is 1. The van der Waals surface area contributed by atoms with Gasteiger partial charge in [-0.2, -0.15) is 0 Å². The number of ether oxygens (including phenoxy) is 1. The Morgan fingerprint density at radius 2 is 2.21 bits per heavy atom. The van der Waals surface area contributed by atoms with Crippen molar-refractivity contribution in [3.8, 4) is 17.1 Å². The molecule has 0 amide bonds. The number of rotatable bonds is 2. The quantitative estimate of drug-likeness (QED) is 0.825. The Balaban J connectivity index is 2.48. The summed E-state index contributed by atoms with van der Waals surface area (Å²) in [6, 6.07) is 5.73. The summed E-state index contributed by atoms with van der Waals surface area (Å²) in [4.78, 5) is 3.86. The molecule has 0 N–H and O–H groups in total. The van der Waals surface area contributed by atoms with Crippen molar-refractivity contribution < 1.29 is 9.15 Å². The van der Waals surface area contributed by atoms with Crippen molar-refractivity contribution in [3.63, 3.8) is 0 Å². The topological polar surface area (TPSA) is 35.3 Å². The second kappa shape index (κ2) is 3.84. The Morgan fingerprint density at radius 3 is 2.86 bits per heavy atom. The van der Waals surface area contributed by atoms with Gasteiger partial charge in [-0.1, -0.05) is 15.9 Å². The molecule has 1 heterocycles. The van der Waals surface area contributed by atoms with Gasteiger partial charge in [0, 0.05) is 10.0 Å². The van der Waals surface area contributed by atoms with Crippen LogP contribution in [0.25, 0.3) is 11.3 Å². The van der Waals surface area contributed by atoms with E-state index in [9.17, 15) is 0 Å². The Morgan fingerprint density at radius 1 is 1.36 bits per heavy atom. The molecular weight excluding hydrogens is 246 g/mol. The van der Waals surface area contributed by atoms with Crippen LogP contribution in [0.15, 0.2) is 39.7 Å². The van der Waals surface area contributed by atoms with Crippen LogP contribution in [0.1, 0.15) is 0 Å². The number of hydrogen-bond acceptors (Lipinski definition) is 3. The number of halogens is 1. The molecule has 0 fully saturated rings. The average molecular weight is 254 g/mol. The van der Waals surface area contributed by atoms with Gasteiger partial charge in [0.15, 0.2) is 12.2 Å². The SMILES string of the molecule is COc1cc(Br)cc(-c2cnco2)c1. The summed E-state index contributed by atoms with van der Waals surface area (Å²) < 4.78 is 11.3. The van der Waals surface area contributed by atoms with Gasteiger partial charge in [-0.3, -0.25) is 0 Å². The van der Waals surface area contributed by atoms with Crippen LogP contribution in [-0.4, -0.2) is 12.1 Å². The summed E-state index contributed by atoms with van der Waals surface area (Å²) in [5, 5.41) is 0. The molecule has 14 heavy (non-hydrogen) atoms. The predicted molar refractivity (Wildman–Crippen MR) is 56.2 cm³/mol. The fourth-order valence-electron chi connectivity index (χ4n) is 1.18. The zero-order valence-corrected chi connectivity index (χ0v) is 9.11. The van der Waals surface area contributed by atoms with Gasteiger partial charge in [0.1, 0.15) is 5.75 Å². The molecule has 2 aromatic rings. The van der Waals surface area contributed by atoms with Gasteiger partial charge >= 0.3 is 0 Å². The van der Waals surface area contributed by atoms with E-state index in [0.717, 1.165) is 21.5 Å². The van der Waals surface area contributed by atoms with Crippen molar-refractivity contribution >= 4 is 15.9 Å². The zero-order chi connectivity index (χ0) is 9.97. The van der Waals surface area contributed by atoms with E-state index in [0.29, 0.717) is 0 Å². The molecule has 0 aliphatic rings. The predicted octanol–water partition coefficient (Wildman–Crippen LogP) is 3.11. The molecule has 0 saturated heterocycles. The summed E-state index contributed by atoms with van der Waals surface area (Å²) in [7, 11) is 1.63. The fraction of sp³-hybridized carbons (Fsp3) is 0.100. The number of aromatic nitrogens is 1. The van der Waals surface area contributed by atoms with Gasteiger partial charge in [-0.05, 0) is 18.2 Å². The highest BCUT2D eigenvalue weighted by Gasteiger charge is 2.04. The highest BCUT2D eigenvalue weighted by Crippen LogP contribution is 2.28. The van der Waals surface area contributed by atoms with Gasteiger partial charge in [0.2, 0.25) is 0 Å². The highest BCUT2D eigenvalue weighted by atomic mass is 79.9. The maximum atomic E-state index is 5.19. The molecule has 0 bridgehead atoms. The lowest BCUT2D eigenvalue weighted by Gasteiger charge is -2.03. The van der Waals surface area contributed by atoms with Crippen LogP contribution in [0.2, 0.25) is 0 Å². The molecule has 3 nitrogen and oxygen atoms in total. The van der Waals surface area contributed by atoms with E-state index in [-0.39, 0.29) is 0 Å². The molecule has 1 aromatic carbocycles. The maximum Gasteiger partial charge on any atom is 0.181 e. The Bertz CT molecular complexity index is 426. The van der Waals surface area contributed by atoms with Gasteiger partial charge < -0.3 is 9.15 Å². The molecular formula is C10H8BrNO2. The smallest absolute Gasteiger partial charge is 0.181 e. The van der Waals surface area contributed by atoms with Gasteiger partial charge in [0.25, 0.3) is 0 Å². The minimum absolute atomic E-state index is 0.726. The highest BCUT2D eigenvalue weighted by molar-refractivity contribution is 9.10. The third-order valence-corrected chi connectivity index (χ3v) is 2.28. The van der Waals surface area contributed by atoms with Gasteiger partial charge in [-0.15, -0.1) is 0 Å². The standard InChI is InChI=1S/C10H8BrNO2/c1-13-9-3-7(2-8(11)4-9)10-5-12-6-14-10/h2-6H,1H3. The first-order valence-corrected chi connectivity index (χ1v) is 4.82. The molecule has 0 aliphatic carbocycles. The van der Waals surface area contributed by atoms with Crippen molar-refractivity contribution in [1.29, 1.82) is 0 Å². The van der Waals surface area contributed by atoms with Crippen LogP contribution in [0.3, 0.4) is 0 Å². The third kappa shape index (κ3) is 1.80. The number of oxazole rings is 1. The normalized spacial score (nSPS) is 10.1. The van der Waals surface area contributed by atoms with Crippen molar-refractivity contribution in [2.45, 2.75) is 0 Å². The minimum Gasteiger partial charge on any atom is -0.497 e. The summed E-state index contributed by atoms with van der Waals surface area (Å²) in [6.07, 6.45) is 3.07. The van der Waals surface area contributed by atoms with E-state index in [4.69, 9.17) is 9.15 Å². The van der Waals surface area contributed by atoms with Crippen molar-refractivity contribution in [1.82, 2.24) is 4.98 Å². The third-order valence-electron chi connectivity index (χ3n) is 1.82. The van der Waals surface area contributed by atoms with Crippen molar-refractivity contribution in [2.75, 3.05) is 7.11 Å². The summed E-state index contributed by atoms with van der Waals surface area (Å²) >= 11 is 3.40. The molecule has 2 rings (SSSR count). The zero-order valence-electron chi connectivity index (χ0n) is 7.53. The van der Waals surface area contributed by atoms with Crippen LogP contribution >= 0.6 is 15.9 Å². The largest absolute Gasteiger partial charge is 0.497 e. The van der Waals surface area contributed by atoms with E-state index in [1.165, 1.54) is 6.39 Å². The average Bonchev–Trinajstić information content (AvgIpc) is 2.69. The van der Waals surface area contributed by atoms with Crippen molar-refractivity contribution in [3.05, 3.63) is 35.3 Å². The molecule has 0 radical (unpaired) electrons. The van der Waals surface area contributed by atoms with Gasteiger partial charge in [0.05, 0.1) is 13.3 Å². The van der Waals surface area contributed by atoms with E-state index in [1.807, 2.05) is 18.2 Å². The molecule has 72 valence electrons. The van der Waals surface area contributed by atoms with Crippen LogP contribution in [0.5, 0.6) is 5.75 Å². The second-order valence-corrected chi connectivity index (χ2v) is 3.66. The first-order valence-electron chi connectivity index (χ1n) is 4.03. The lowest BCUT2D eigenvalue weighted by molar-refractivity contribution is 0.414. The Hall–Kier alpha value is -1.29. The van der Waals surface area contributed by atoms with Crippen LogP contribution < -0.4 is 4.74 Å². The summed E-state index contributed by atoms with van der Waals surface area (Å²) in [5.41, 5.74) is 0.939. The van der Waals surface area contributed by atoms with Crippen molar-refractivity contribution in [2.24, 2.45) is 0 Å². The summed E-state index contributed by atoms with van der Waals surface area (Å²) in [5.74, 6) is 1.51. The minimum atomic E-state index is 0.726. The van der Waals surface area contributed by atoms with Crippen LogP contribution in [0.4, 0.5) is 0 Å². The van der Waals surface area contributed by atoms with E-state index in [1.54, 1.807) is 13.3 Å². The van der Waals surface area contributed by atoms with E-state index >= 15 is 0 Å². The molecule has 0 saturated carbocycles. The monoisotopic (exact) mass is 253 g/mol. The number of hydrogen-bond donors (Lipinski definition) is 0. The molecule has 4 heteroatoms. The van der Waals surface area contributed by atoms with Crippen LogP contribution in [0, 0.1) is 0 Å². The molecule has 1 aromatic heterocycles. The van der Waals surface area contributed by atoms with E-state index < -0.39 is 0 Å². The van der Waals surface area contributed by atoms with Crippen LogP contribution in [-0.2, 0) is 0 Å². The van der Waals surface area contributed by atoms with Gasteiger partial charge in [-0.25, -0.2) is 4.98 Å². The molecule has 0 aliphatic heterocycles. The fourth-order valence-corrected chi connectivity index (χ4v) is 1.65. The maximum absolute atomic E-state index is 5.19. The first kappa shape index (κ1) is 9.27. The molecule has 0 unspecified atom stereocenters. The lowest BCUT2D eigenvalue weighted by Crippen LogP contribution is -1.83. The first-order chi connectivity index (χ1) is 6.79. The second-order valence-electron chi connectivity index (χ2n) is 2.75. The Kier molecular flexibility index (Phi) is 2.54. The number of nitrogens with zero attached hydrogens (tertiary/aromatic N) is 1. The van der Waals surface area contributed by atoms with E-state index in [2.05, 4.69) is 20.9 Å². The number of benzene rings is 1. The Labute approximate surface area is 89.8 Å². The molecule has 0 atom stereocenters.